The van der Waals surface area contributed by atoms with Gasteiger partial charge in [-0.2, -0.15) is 0 Å². The average molecular weight is 214 g/mol. The van der Waals surface area contributed by atoms with Crippen molar-refractivity contribution >= 4 is 23.5 Å². The largest absolute Gasteiger partial charge is 0.497 e. The van der Waals surface area contributed by atoms with Crippen molar-refractivity contribution in [2.75, 3.05) is 19.6 Å². The maximum absolute atomic E-state index is 5.10. The number of rotatable bonds is 4. The van der Waals surface area contributed by atoms with Crippen molar-refractivity contribution in [3.63, 3.8) is 0 Å². The molecule has 1 aromatic carbocycles. The third-order valence-corrected chi connectivity index (χ3v) is 4.37. The summed E-state index contributed by atoms with van der Waals surface area (Å²) in [6.07, 6.45) is 4.26. The number of benzene rings is 1. The molecule has 0 saturated carbocycles. The molecule has 0 unspecified atom stereocenters. The molecule has 1 aromatic rings. The Labute approximate surface area is 88.3 Å². The van der Waals surface area contributed by atoms with Crippen molar-refractivity contribution in [1.29, 1.82) is 0 Å². The van der Waals surface area contributed by atoms with E-state index < -0.39 is 0 Å². The molecule has 0 N–H and O–H groups in total. The number of thioether (sulfide) groups is 2. The molecule has 0 aliphatic carbocycles. The van der Waals surface area contributed by atoms with Crippen LogP contribution < -0.4 is 4.74 Å². The Morgan fingerprint density at radius 2 is 1.62 bits per heavy atom. The van der Waals surface area contributed by atoms with E-state index in [0.717, 1.165) is 5.75 Å². The second-order valence-electron chi connectivity index (χ2n) is 2.58. The molecule has 72 valence electrons. The monoisotopic (exact) mass is 214 g/mol. The standard InChI is InChI=1S/C10H14OS2/c1-11-9-6-4-8(5-7-9)10(12-2)13-3/h4-7,10H,1-3H3. The predicted molar refractivity (Wildman–Crippen MR) is 62.8 cm³/mol. The first-order chi connectivity index (χ1) is 6.31. The van der Waals surface area contributed by atoms with Crippen LogP contribution in [-0.2, 0) is 0 Å². The molecule has 0 atom stereocenters. The fourth-order valence-electron chi connectivity index (χ4n) is 1.13. The van der Waals surface area contributed by atoms with Crippen molar-refractivity contribution in [2.24, 2.45) is 0 Å². The Morgan fingerprint density at radius 1 is 1.08 bits per heavy atom. The molecule has 0 aliphatic heterocycles. The molecule has 0 radical (unpaired) electrons. The topological polar surface area (TPSA) is 9.23 Å². The molecule has 1 nitrogen and oxygen atoms in total. The fraction of sp³-hybridized carbons (Fsp3) is 0.400. The molecule has 1 rings (SSSR count). The molecular formula is C10H14OS2. The minimum atomic E-state index is 0.533. The summed E-state index contributed by atoms with van der Waals surface area (Å²) in [4.78, 5) is 0. The van der Waals surface area contributed by atoms with Gasteiger partial charge in [0.05, 0.1) is 11.7 Å². The van der Waals surface area contributed by atoms with Gasteiger partial charge in [-0.3, -0.25) is 0 Å². The van der Waals surface area contributed by atoms with Crippen molar-refractivity contribution < 1.29 is 4.74 Å². The normalized spacial score (nSPS) is 10.5. The van der Waals surface area contributed by atoms with Crippen LogP contribution >= 0.6 is 23.5 Å². The minimum Gasteiger partial charge on any atom is -0.497 e. The Kier molecular flexibility index (Phi) is 4.53. The number of methoxy groups -OCH3 is 1. The van der Waals surface area contributed by atoms with Crippen LogP contribution in [0.2, 0.25) is 0 Å². The highest BCUT2D eigenvalue weighted by molar-refractivity contribution is 8.15. The summed E-state index contributed by atoms with van der Waals surface area (Å²) in [6.45, 7) is 0. The quantitative estimate of drug-likeness (QED) is 0.711. The van der Waals surface area contributed by atoms with Gasteiger partial charge in [0.15, 0.2) is 0 Å². The number of hydrogen-bond donors (Lipinski definition) is 0. The molecule has 13 heavy (non-hydrogen) atoms. The van der Waals surface area contributed by atoms with E-state index >= 15 is 0 Å². The SMILES string of the molecule is COc1ccc(C(SC)SC)cc1. The van der Waals surface area contributed by atoms with E-state index in [4.69, 9.17) is 4.74 Å². The van der Waals surface area contributed by atoms with Gasteiger partial charge in [-0.25, -0.2) is 0 Å². The van der Waals surface area contributed by atoms with Gasteiger partial charge in [0, 0.05) is 0 Å². The highest BCUT2D eigenvalue weighted by Crippen LogP contribution is 2.36. The predicted octanol–water partition coefficient (Wildman–Crippen LogP) is 3.42. The molecule has 0 spiro atoms. The van der Waals surface area contributed by atoms with Gasteiger partial charge in [-0.1, -0.05) is 12.1 Å². The van der Waals surface area contributed by atoms with E-state index in [9.17, 15) is 0 Å². The van der Waals surface area contributed by atoms with E-state index in [1.165, 1.54) is 5.56 Å². The third kappa shape index (κ3) is 2.85. The van der Waals surface area contributed by atoms with Crippen LogP contribution in [0.25, 0.3) is 0 Å². The Bertz CT molecular complexity index is 242. The minimum absolute atomic E-state index is 0.533. The van der Waals surface area contributed by atoms with Gasteiger partial charge in [0.2, 0.25) is 0 Å². The van der Waals surface area contributed by atoms with E-state index in [2.05, 4.69) is 24.6 Å². The molecule has 3 heteroatoms. The van der Waals surface area contributed by atoms with Gasteiger partial charge >= 0.3 is 0 Å². The van der Waals surface area contributed by atoms with Gasteiger partial charge < -0.3 is 4.74 Å². The molecule has 0 saturated heterocycles. The van der Waals surface area contributed by atoms with Crippen LogP contribution in [0.1, 0.15) is 10.1 Å². The van der Waals surface area contributed by atoms with E-state index in [0.29, 0.717) is 4.58 Å². The van der Waals surface area contributed by atoms with Crippen LogP contribution in [0.5, 0.6) is 5.75 Å². The summed E-state index contributed by atoms with van der Waals surface area (Å²) in [5.74, 6) is 0.921. The zero-order chi connectivity index (χ0) is 9.68. The Balaban J connectivity index is 2.78. The lowest BCUT2D eigenvalue weighted by molar-refractivity contribution is 0.414. The summed E-state index contributed by atoms with van der Waals surface area (Å²) in [5.41, 5.74) is 1.35. The van der Waals surface area contributed by atoms with E-state index in [-0.39, 0.29) is 0 Å². The molecule has 0 heterocycles. The first-order valence-electron chi connectivity index (χ1n) is 4.01. The van der Waals surface area contributed by atoms with Crippen LogP contribution in [0, 0.1) is 0 Å². The Morgan fingerprint density at radius 3 is 2.00 bits per heavy atom. The summed E-state index contributed by atoms with van der Waals surface area (Å²) in [6, 6.07) is 8.26. The molecule has 0 aliphatic rings. The van der Waals surface area contributed by atoms with Crippen LogP contribution in [0.15, 0.2) is 24.3 Å². The highest BCUT2D eigenvalue weighted by atomic mass is 32.2. The van der Waals surface area contributed by atoms with Crippen molar-refractivity contribution in [1.82, 2.24) is 0 Å². The molecule has 0 fully saturated rings. The summed E-state index contributed by atoms with van der Waals surface area (Å²) >= 11 is 3.72. The van der Waals surface area contributed by atoms with Gasteiger partial charge in [-0.15, -0.1) is 23.5 Å². The maximum Gasteiger partial charge on any atom is 0.118 e. The molecule has 0 aromatic heterocycles. The number of hydrogen-bond acceptors (Lipinski definition) is 3. The van der Waals surface area contributed by atoms with Gasteiger partial charge in [0.25, 0.3) is 0 Å². The second-order valence-corrected chi connectivity index (χ2v) is 4.76. The Hall–Kier alpha value is -0.280. The van der Waals surface area contributed by atoms with E-state index in [1.54, 1.807) is 7.11 Å². The average Bonchev–Trinajstić information content (AvgIpc) is 2.21. The van der Waals surface area contributed by atoms with Gasteiger partial charge in [0.1, 0.15) is 5.75 Å². The first-order valence-corrected chi connectivity index (χ1v) is 6.59. The molecule has 0 amide bonds. The van der Waals surface area contributed by atoms with Crippen LogP contribution in [0.4, 0.5) is 0 Å². The smallest absolute Gasteiger partial charge is 0.118 e. The lowest BCUT2D eigenvalue weighted by atomic mass is 10.2. The first kappa shape index (κ1) is 10.8. The van der Waals surface area contributed by atoms with Crippen molar-refractivity contribution in [2.45, 2.75) is 4.58 Å². The molecular weight excluding hydrogens is 200 g/mol. The lowest BCUT2D eigenvalue weighted by Crippen LogP contribution is -1.88. The summed E-state index contributed by atoms with van der Waals surface area (Å²) in [5, 5.41) is 0. The van der Waals surface area contributed by atoms with Crippen molar-refractivity contribution in [3.8, 4) is 5.75 Å². The third-order valence-electron chi connectivity index (χ3n) is 1.82. The summed E-state index contributed by atoms with van der Waals surface area (Å²) in [7, 11) is 1.69. The second kappa shape index (κ2) is 5.45. The lowest BCUT2D eigenvalue weighted by Gasteiger charge is -2.11. The van der Waals surface area contributed by atoms with Crippen LogP contribution in [0.3, 0.4) is 0 Å². The fourth-order valence-corrected chi connectivity index (χ4v) is 2.76. The number of ether oxygens (including phenoxy) is 1. The zero-order valence-electron chi connectivity index (χ0n) is 8.11. The van der Waals surface area contributed by atoms with Crippen molar-refractivity contribution in [3.05, 3.63) is 29.8 Å². The zero-order valence-corrected chi connectivity index (χ0v) is 9.74. The molecule has 0 bridgehead atoms. The maximum atomic E-state index is 5.10. The van der Waals surface area contributed by atoms with Crippen LogP contribution in [-0.4, -0.2) is 19.6 Å². The van der Waals surface area contributed by atoms with Gasteiger partial charge in [-0.05, 0) is 30.2 Å². The highest BCUT2D eigenvalue weighted by Gasteiger charge is 2.06. The van der Waals surface area contributed by atoms with E-state index in [1.807, 2.05) is 35.7 Å². The summed E-state index contributed by atoms with van der Waals surface area (Å²) < 4.78 is 5.64.